The number of ketones is 2. The number of aromatic amines is 4. The Balaban J connectivity index is 0.00000163. The number of nitrogens with zero attached hydrogens (tertiary/aromatic N) is 13. The molecule has 4 radical (unpaired) electrons. The van der Waals surface area contributed by atoms with Crippen molar-refractivity contribution in [2.24, 2.45) is 31.5 Å². The van der Waals surface area contributed by atoms with E-state index in [1.54, 1.807) is 62.6 Å². The smallest absolute Gasteiger partial charge is 1.00 e. The number of carbonyl (C=O) groups is 6. The van der Waals surface area contributed by atoms with Crippen molar-refractivity contribution in [1.29, 1.82) is 0 Å². The van der Waals surface area contributed by atoms with Gasteiger partial charge in [-0.25, -0.2) is 24.0 Å². The molecule has 2 amide bonds. The van der Waals surface area contributed by atoms with Gasteiger partial charge in [-0.15, -0.1) is 4.99 Å². The van der Waals surface area contributed by atoms with Gasteiger partial charge in [-0.3, -0.25) is 49.1 Å². The van der Waals surface area contributed by atoms with Crippen LogP contribution < -0.4 is 110 Å². The topological polar surface area (TPSA) is 676 Å². The Labute approximate surface area is 951 Å². The number of para-hydroxylation sites is 1. The van der Waals surface area contributed by atoms with E-state index < -0.39 is 22.6 Å². The normalized spacial score (nSPS) is 13.1. The summed E-state index contributed by atoms with van der Waals surface area (Å²) in [7, 11) is -0.330. The van der Waals surface area contributed by atoms with Gasteiger partial charge in [-0.05, 0) is 196 Å². The zero-order chi connectivity index (χ0) is 109. The number of thiocarbonyl (C=S) groups is 1. The van der Waals surface area contributed by atoms with Crippen molar-refractivity contribution in [2.45, 2.75) is 144 Å². The second-order valence-electron chi connectivity index (χ2n) is 28.8. The fourth-order valence-electron chi connectivity index (χ4n) is 11.7. The van der Waals surface area contributed by atoms with Gasteiger partial charge in [-0.1, -0.05) is 71.7 Å². The fourth-order valence-corrected chi connectivity index (χ4v) is 16.3. The molecule has 61 heteroatoms. The van der Waals surface area contributed by atoms with Gasteiger partial charge in [-0.2, -0.15) is 57.3 Å². The number of alkyl carbamates (subject to hydrolysis) is 1. The number of amides is 2. The Morgan fingerprint density at radius 1 is 0.617 bits per heavy atom. The average Bonchev–Trinajstić information content (AvgIpc) is 1.32. The summed E-state index contributed by atoms with van der Waals surface area (Å²) in [4.78, 5) is 126. The van der Waals surface area contributed by atoms with Gasteiger partial charge in [0, 0.05) is 161 Å². The molecular formula is C88H120B2Br6N25NaO23S4. The molecule has 0 aliphatic carbocycles. The SMILES string of the molecule is CCOC(=O)N=C=S.CCOC(=O)NC(=NCCC(C)OCC)SC.CCOC(C)CCNc1nc2ccnn2c(=O)[nH]1.CCOC(CCN)OCC.NC1CCOc2c(Br)cc(Br)cc21.NC1CCOc2c(Br)cc(Br)cc21.Nc1ccn[nH]1.O=C1CCOc2c(Br)cc(Br)cc21.O=C1CCOc2ccccc21.O=CCCNc1nc2ccnn2c(=O)[nH]1.O=CCCNc1nc2ccnn2c(=O)[nH]1.O=S(=O)(O)O.[B].[B]=NS.[H-].[Na+]. The van der Waals surface area contributed by atoms with Gasteiger partial charge in [0.05, 0.1) is 106 Å². The van der Waals surface area contributed by atoms with Crippen LogP contribution in [0.1, 0.15) is 159 Å². The maximum absolute atomic E-state index is 11.6. The van der Waals surface area contributed by atoms with E-state index in [-0.39, 0.29) is 98.6 Å². The van der Waals surface area contributed by atoms with Gasteiger partial charge in [0.2, 0.25) is 17.8 Å². The van der Waals surface area contributed by atoms with Crippen LogP contribution in [0.15, 0.2) is 165 Å². The maximum Gasteiger partial charge on any atom is 1.00 e. The number of rotatable bonds is 27. The van der Waals surface area contributed by atoms with Crippen LogP contribution in [0.4, 0.5) is 33.3 Å². The minimum atomic E-state index is -4.67. The summed E-state index contributed by atoms with van der Waals surface area (Å²) in [5.74, 6) is 5.25. The van der Waals surface area contributed by atoms with Gasteiger partial charge < -0.3 is 97.3 Å². The molecule has 7 aromatic heterocycles. The molecule has 808 valence electrons. The van der Waals surface area contributed by atoms with Crippen LogP contribution in [0.2, 0.25) is 0 Å². The number of aldehydes is 2. The number of hydrogen-bond donors (Lipinski definition) is 15. The first-order valence-electron chi connectivity index (χ1n) is 44.8. The number of aliphatic imine (C=N–C) groups is 2. The monoisotopic (exact) mass is 2540 g/mol. The molecule has 15 rings (SSSR count). The number of nitrogens with one attached hydrogen (secondary N) is 8. The molecule has 4 aliphatic rings. The summed E-state index contributed by atoms with van der Waals surface area (Å²) in [5.41, 5.74) is 26.4. The van der Waals surface area contributed by atoms with E-state index >= 15 is 0 Å². The number of Topliss-reactive ketones (excluding diaryl/α,β-unsaturated/α-hetero) is 2. The molecular weight excluding hydrogens is 2430 g/mol. The second-order valence-corrected chi connectivity index (χ2v) is 36.2. The van der Waals surface area contributed by atoms with Crippen LogP contribution in [0.5, 0.6) is 23.0 Å². The van der Waals surface area contributed by atoms with Crippen molar-refractivity contribution < 1.29 is 125 Å². The van der Waals surface area contributed by atoms with Gasteiger partial charge in [0.1, 0.15) is 41.4 Å². The first-order valence-corrected chi connectivity index (χ1v) is 53.0. The van der Waals surface area contributed by atoms with Crippen LogP contribution >= 0.6 is 132 Å². The van der Waals surface area contributed by atoms with Crippen molar-refractivity contribution in [3.63, 3.8) is 0 Å². The molecule has 0 fully saturated rings. The van der Waals surface area contributed by atoms with Crippen molar-refractivity contribution in [3.05, 3.63) is 190 Å². The van der Waals surface area contributed by atoms with Crippen molar-refractivity contribution >= 4 is 246 Å². The number of hydrogen-bond acceptors (Lipinski definition) is 40. The Morgan fingerprint density at radius 3 is 1.43 bits per heavy atom. The number of H-pyrrole nitrogens is 4. The predicted molar refractivity (Wildman–Crippen MR) is 594 cm³/mol. The summed E-state index contributed by atoms with van der Waals surface area (Å²) in [5, 5.41) is 31.3. The summed E-state index contributed by atoms with van der Waals surface area (Å²) in [6.07, 6.45) is 14.7. The van der Waals surface area contributed by atoms with Crippen LogP contribution in [0.25, 0.3) is 16.9 Å². The summed E-state index contributed by atoms with van der Waals surface area (Å²) in [6.45, 7) is 24.0. The number of benzene rings is 4. The van der Waals surface area contributed by atoms with Crippen molar-refractivity contribution in [2.75, 3.05) is 127 Å². The van der Waals surface area contributed by atoms with Crippen LogP contribution in [0.3, 0.4) is 0 Å². The number of amidine groups is 1. The van der Waals surface area contributed by atoms with E-state index in [2.05, 4.69) is 224 Å². The molecule has 18 N–H and O–H groups in total. The largest absolute Gasteiger partial charge is 1.00 e. The third kappa shape index (κ3) is 56.1. The number of anilines is 4. The molecule has 0 saturated carbocycles. The molecule has 48 nitrogen and oxygen atoms in total. The van der Waals surface area contributed by atoms with E-state index in [1.807, 2.05) is 101 Å². The number of nitrogen functional groups attached to an aromatic ring is 1. The standard InChI is InChI=1S/C11H17N5O2.C11H22N2O3S.2C9H9Br2NO.C9H6Br2O2.C9H8O2.2C8H9N5O2.C7H17NO2.C4H5NO2S.C3H5N3.BHNS.B.Na.H2O4S.H/c1-3-18-8(2)4-6-12-10-14-9-5-7-13-16(9)11(17)15-10;1-5-15-9(3)7-8-12-10(17-4)13-11(14)16-6-2;3*10-5-3-6-8(12)1-2-13-9(6)7(11)4-5;10-8-5-6-11-9-4-2-1-3-7(8)9;2*14-5-1-3-9-7-11-6-2-4-10-13(6)8(15)12-7;1-3-9-7(5-6-8)10-4-2;1-2-7-4(6)5-3-8;4-3-1-2-5-6-3;1-2-3;;;1-5(2,3)4;/h5,7-8H,3-4,6H2,1-2H3,(H2,12,14,15,17);9H,5-8H2,1-4H3,(H,12,13,14);2*3-4,8H,1-2,12H2;3-4H,1-2H2;1-4H,5-6H2;2*2,4-5H,1,3H2,(H2,9,11,12,15);7H,3-6,8H2,1-2H3;2H2,1H3;1-2H,(H3,4,5,6);3H;;;(H2,1,2,3,4);/q;;;;;;;;;;;;;+1;;-1. The van der Waals surface area contributed by atoms with Gasteiger partial charge in [0.15, 0.2) is 40.0 Å². The van der Waals surface area contributed by atoms with E-state index in [1.165, 1.54) is 28.7 Å². The minimum absolute atomic E-state index is 0. The maximum atomic E-state index is 11.6. The molecule has 4 aromatic carbocycles. The Kier molecular flexibility index (Phi) is 73.4. The fraction of sp³-hybridized carbons (Fsp3) is 0.432. The number of nitrogens with two attached hydrogens (primary N) is 4. The second kappa shape index (κ2) is 79.5. The number of fused-ring (bicyclic) bond motifs is 7. The molecule has 149 heavy (non-hydrogen) atoms. The molecule has 11 heterocycles. The third-order valence-electron chi connectivity index (χ3n) is 18.0. The summed E-state index contributed by atoms with van der Waals surface area (Å²) in [6, 6.07) is 25.8. The molecule has 11 aromatic rings. The number of isothiocyanates is 1. The quantitative estimate of drug-likeness (QED) is 0.00262. The van der Waals surface area contributed by atoms with E-state index in [9.17, 15) is 43.2 Å². The summed E-state index contributed by atoms with van der Waals surface area (Å²) < 4.78 is 95.6. The number of aromatic nitrogens is 14. The zero-order valence-corrected chi connectivity index (χ0v) is 97.9. The van der Waals surface area contributed by atoms with Crippen LogP contribution in [-0.2, 0) is 48.4 Å². The molecule has 4 unspecified atom stereocenters. The third-order valence-corrected chi connectivity index (χ3v) is 21.9. The first-order chi connectivity index (χ1) is 70.3. The van der Waals surface area contributed by atoms with Gasteiger partial charge >= 0.3 is 94.0 Å². The first kappa shape index (κ1) is 138. The number of halogens is 6. The number of thioether (sulfide) groups is 1. The average molecular weight is 2550 g/mol. The van der Waals surface area contributed by atoms with Crippen molar-refractivity contribution in [1.82, 2.24) is 74.3 Å². The van der Waals surface area contributed by atoms with E-state index in [0.29, 0.717) is 182 Å². The van der Waals surface area contributed by atoms with E-state index in [0.717, 1.165) is 114 Å². The molecule has 4 aliphatic heterocycles. The molecule has 0 bridgehead atoms. The van der Waals surface area contributed by atoms with Crippen molar-refractivity contribution in [3.8, 4) is 23.0 Å². The zero-order valence-electron chi connectivity index (χ0n) is 84.1. The number of thiol groups is 1. The molecule has 4 atom stereocenters. The Morgan fingerprint density at radius 2 is 1.03 bits per heavy atom. The van der Waals surface area contributed by atoms with Gasteiger partial charge in [0.25, 0.3) is 0 Å². The Hall–Kier alpha value is -9.47. The molecule has 0 spiro atoms. The number of carbonyl (C=O) groups excluding carboxylic acids is 6. The Bertz CT molecular complexity index is 6070. The predicted octanol–water partition coefficient (Wildman–Crippen LogP) is 10.8. The van der Waals surface area contributed by atoms with Crippen LogP contribution in [0, 0.1) is 0 Å². The number of ether oxygens (including phenoxy) is 10. The van der Waals surface area contributed by atoms with E-state index in [4.69, 9.17) is 83.1 Å². The summed E-state index contributed by atoms with van der Waals surface area (Å²) >= 11 is 29.1. The minimum Gasteiger partial charge on any atom is -1.00 e. The van der Waals surface area contributed by atoms with Crippen LogP contribution in [-0.4, -0.2) is 273 Å². The molecule has 0 saturated heterocycles.